The second-order valence-corrected chi connectivity index (χ2v) is 6.72. The third kappa shape index (κ3) is 3.62. The Bertz CT molecular complexity index is 650. The Morgan fingerprint density at radius 3 is 2.22 bits per heavy atom. The van der Waals surface area contributed by atoms with Crippen molar-refractivity contribution in [2.45, 2.75) is 35.2 Å². The summed E-state index contributed by atoms with van der Waals surface area (Å²) in [5.41, 5.74) is 0.138. The molecule has 1 aliphatic heterocycles. The molecule has 130 valence electrons. The van der Waals surface area contributed by atoms with E-state index in [0.717, 1.165) is 12.1 Å². The highest BCUT2D eigenvalue weighted by Crippen LogP contribution is 2.29. The van der Waals surface area contributed by atoms with Gasteiger partial charge in [0.05, 0.1) is 11.5 Å². The van der Waals surface area contributed by atoms with E-state index < -0.39 is 47.0 Å². The van der Waals surface area contributed by atoms with Crippen LogP contribution in [0, 0.1) is 0 Å². The van der Waals surface area contributed by atoms with Crippen LogP contribution in [-0.2, 0) is 14.8 Å². The van der Waals surface area contributed by atoms with Crippen molar-refractivity contribution in [1.82, 2.24) is 0 Å². The molecule has 0 saturated carbocycles. The SMILES string of the molecule is NS(=O)(=O)c1ccc(N[C@@]2(O)O[C@@H](CO)[C@@H](O)[C@@H](O)[C@H]2O)cc1. The maximum absolute atomic E-state index is 11.2. The van der Waals surface area contributed by atoms with Crippen molar-refractivity contribution in [3.8, 4) is 0 Å². The number of hydrogen-bond acceptors (Lipinski definition) is 9. The number of hydrogen-bond donors (Lipinski definition) is 7. The topological polar surface area (TPSA) is 183 Å². The molecule has 23 heavy (non-hydrogen) atoms. The Labute approximate surface area is 131 Å². The molecule has 0 spiro atoms. The van der Waals surface area contributed by atoms with Gasteiger partial charge in [0, 0.05) is 5.69 Å². The fraction of sp³-hybridized carbons (Fsp3) is 0.500. The van der Waals surface area contributed by atoms with Gasteiger partial charge in [0.25, 0.3) is 5.91 Å². The van der Waals surface area contributed by atoms with Crippen LogP contribution in [0.4, 0.5) is 5.69 Å². The van der Waals surface area contributed by atoms with Gasteiger partial charge < -0.3 is 35.6 Å². The molecule has 0 aromatic heterocycles. The number of nitrogens with two attached hydrogens (primary N) is 1. The summed E-state index contributed by atoms with van der Waals surface area (Å²) >= 11 is 0. The predicted octanol–water partition coefficient (Wildman–Crippen LogP) is -3.13. The van der Waals surface area contributed by atoms with E-state index in [1.165, 1.54) is 12.1 Å². The summed E-state index contributed by atoms with van der Waals surface area (Å²) in [6, 6.07) is 4.81. The van der Waals surface area contributed by atoms with Gasteiger partial charge in [-0.2, -0.15) is 0 Å². The highest BCUT2D eigenvalue weighted by atomic mass is 32.2. The first-order chi connectivity index (χ1) is 10.6. The molecule has 8 N–H and O–H groups in total. The lowest BCUT2D eigenvalue weighted by Gasteiger charge is -2.45. The Morgan fingerprint density at radius 1 is 1.17 bits per heavy atom. The molecular weight excluding hydrogens is 332 g/mol. The number of rotatable bonds is 4. The van der Waals surface area contributed by atoms with Gasteiger partial charge in [-0.25, -0.2) is 13.6 Å². The van der Waals surface area contributed by atoms with E-state index in [1.807, 2.05) is 0 Å². The second kappa shape index (κ2) is 6.30. The first-order valence-electron chi connectivity index (χ1n) is 6.55. The molecule has 1 heterocycles. The minimum Gasteiger partial charge on any atom is -0.394 e. The molecule has 11 heteroatoms. The maximum Gasteiger partial charge on any atom is 0.277 e. The minimum absolute atomic E-state index is 0.138. The van der Waals surface area contributed by atoms with E-state index in [-0.39, 0.29) is 10.6 Å². The minimum atomic E-state index is -3.88. The maximum atomic E-state index is 11.2. The van der Waals surface area contributed by atoms with Gasteiger partial charge in [-0.05, 0) is 24.3 Å². The van der Waals surface area contributed by atoms with Crippen LogP contribution in [-0.4, -0.2) is 70.9 Å². The highest BCUT2D eigenvalue weighted by molar-refractivity contribution is 7.89. The van der Waals surface area contributed by atoms with Gasteiger partial charge in [-0.3, -0.25) is 0 Å². The van der Waals surface area contributed by atoms with Crippen LogP contribution in [0.3, 0.4) is 0 Å². The summed E-state index contributed by atoms with van der Waals surface area (Å²) in [7, 11) is -3.88. The van der Waals surface area contributed by atoms with Gasteiger partial charge in [0.2, 0.25) is 10.0 Å². The van der Waals surface area contributed by atoms with Crippen molar-refractivity contribution >= 4 is 15.7 Å². The van der Waals surface area contributed by atoms with Crippen molar-refractivity contribution < 1.29 is 38.7 Å². The number of aliphatic hydroxyl groups is 5. The second-order valence-electron chi connectivity index (χ2n) is 5.16. The predicted molar refractivity (Wildman–Crippen MR) is 76.4 cm³/mol. The van der Waals surface area contributed by atoms with Crippen LogP contribution in [0.25, 0.3) is 0 Å². The van der Waals surface area contributed by atoms with E-state index in [0.29, 0.717) is 0 Å². The van der Waals surface area contributed by atoms with E-state index in [4.69, 9.17) is 15.0 Å². The van der Waals surface area contributed by atoms with Gasteiger partial charge >= 0.3 is 0 Å². The van der Waals surface area contributed by atoms with Crippen LogP contribution in [0.2, 0.25) is 0 Å². The first-order valence-corrected chi connectivity index (χ1v) is 8.09. The number of aliphatic hydroxyl groups excluding tert-OH is 4. The quantitative estimate of drug-likeness (QED) is 0.276. The molecule has 5 atom stereocenters. The molecule has 1 fully saturated rings. The van der Waals surface area contributed by atoms with Gasteiger partial charge in [-0.1, -0.05) is 0 Å². The molecule has 0 amide bonds. The van der Waals surface area contributed by atoms with E-state index >= 15 is 0 Å². The van der Waals surface area contributed by atoms with Crippen LogP contribution < -0.4 is 10.5 Å². The summed E-state index contributed by atoms with van der Waals surface area (Å²) in [6.45, 7) is -0.709. The van der Waals surface area contributed by atoms with E-state index in [1.54, 1.807) is 0 Å². The average molecular weight is 350 g/mol. The van der Waals surface area contributed by atoms with Crippen LogP contribution in [0.5, 0.6) is 0 Å². The molecule has 1 aliphatic rings. The molecule has 0 aliphatic carbocycles. The summed E-state index contributed by atoms with van der Waals surface area (Å²) in [5.74, 6) is -2.50. The Morgan fingerprint density at radius 2 is 1.74 bits per heavy atom. The highest BCUT2D eigenvalue weighted by Gasteiger charge is 2.53. The van der Waals surface area contributed by atoms with E-state index in [2.05, 4.69) is 5.32 Å². The zero-order chi connectivity index (χ0) is 17.4. The lowest BCUT2D eigenvalue weighted by Crippen LogP contribution is -2.68. The molecule has 2 rings (SSSR count). The van der Waals surface area contributed by atoms with E-state index in [9.17, 15) is 28.8 Å². The zero-order valence-electron chi connectivity index (χ0n) is 11.8. The number of benzene rings is 1. The van der Waals surface area contributed by atoms with Gasteiger partial charge in [0.15, 0.2) is 6.10 Å². The number of ether oxygens (including phenoxy) is 1. The molecule has 1 aromatic rings. The largest absolute Gasteiger partial charge is 0.394 e. The fourth-order valence-corrected chi connectivity index (χ4v) is 2.71. The summed E-state index contributed by atoms with van der Waals surface area (Å²) < 4.78 is 27.3. The number of nitrogens with one attached hydrogen (secondary N) is 1. The Kier molecular flexibility index (Phi) is 4.94. The summed E-state index contributed by atoms with van der Waals surface area (Å²) in [4.78, 5) is -0.163. The Balaban J connectivity index is 2.23. The molecule has 10 nitrogen and oxygen atoms in total. The Hall–Kier alpha value is -1.31. The number of sulfonamides is 1. The third-order valence-corrected chi connectivity index (χ3v) is 4.40. The van der Waals surface area contributed by atoms with Crippen molar-refractivity contribution in [3.05, 3.63) is 24.3 Å². The summed E-state index contributed by atoms with van der Waals surface area (Å²) in [5, 5.41) is 55.9. The molecule has 0 unspecified atom stereocenters. The van der Waals surface area contributed by atoms with Crippen LogP contribution in [0.15, 0.2) is 29.2 Å². The van der Waals surface area contributed by atoms with Crippen molar-refractivity contribution in [2.75, 3.05) is 11.9 Å². The average Bonchev–Trinajstić information content (AvgIpc) is 2.49. The normalized spacial score (nSPS) is 35.0. The van der Waals surface area contributed by atoms with Crippen LogP contribution >= 0.6 is 0 Å². The smallest absolute Gasteiger partial charge is 0.277 e. The monoisotopic (exact) mass is 350 g/mol. The number of primary sulfonamides is 1. The van der Waals surface area contributed by atoms with Gasteiger partial charge in [-0.15, -0.1) is 0 Å². The molecule has 1 saturated heterocycles. The lowest BCUT2D eigenvalue weighted by molar-refractivity contribution is -0.336. The lowest BCUT2D eigenvalue weighted by atomic mass is 9.96. The van der Waals surface area contributed by atoms with Crippen molar-refractivity contribution in [1.29, 1.82) is 0 Å². The van der Waals surface area contributed by atoms with Crippen LogP contribution in [0.1, 0.15) is 0 Å². The zero-order valence-corrected chi connectivity index (χ0v) is 12.6. The molecule has 0 bridgehead atoms. The molecule has 1 aromatic carbocycles. The van der Waals surface area contributed by atoms with Crippen molar-refractivity contribution in [3.63, 3.8) is 0 Å². The van der Waals surface area contributed by atoms with Crippen molar-refractivity contribution in [2.24, 2.45) is 5.14 Å². The fourth-order valence-electron chi connectivity index (χ4n) is 2.19. The molecular formula is C12H18N2O8S. The van der Waals surface area contributed by atoms with Gasteiger partial charge in [0.1, 0.15) is 18.3 Å². The number of anilines is 1. The standard InChI is InChI=1S/C12H18N2O8S/c13-23(20,21)7-3-1-6(2-4-7)14-12(19)11(18)10(17)9(16)8(5-15)22-12/h1-4,8-11,14-19H,5H2,(H2,13,20,21)/t8-,9+,10+,11+,12-/m0/s1. The summed E-state index contributed by atoms with van der Waals surface area (Å²) in [6.07, 6.45) is -6.64. The first kappa shape index (κ1) is 18.0. The third-order valence-electron chi connectivity index (χ3n) is 3.47. The molecule has 0 radical (unpaired) electrons.